The summed E-state index contributed by atoms with van der Waals surface area (Å²) < 4.78 is 6.96. The van der Waals surface area contributed by atoms with E-state index in [1.165, 1.54) is 72.3 Å². The van der Waals surface area contributed by atoms with Crippen molar-refractivity contribution in [2.24, 2.45) is 0 Å². The van der Waals surface area contributed by atoms with Gasteiger partial charge >= 0.3 is 0 Å². The van der Waals surface area contributed by atoms with Crippen LogP contribution in [-0.4, -0.2) is 0 Å². The van der Waals surface area contributed by atoms with E-state index in [0.717, 1.165) is 17.1 Å². The molecule has 1 nitrogen and oxygen atoms in total. The summed E-state index contributed by atoms with van der Waals surface area (Å²) in [4.78, 5) is 0. The van der Waals surface area contributed by atoms with Crippen LogP contribution >= 0.6 is 0 Å². The fourth-order valence-corrected chi connectivity index (χ4v) is 9.77. The SMILES string of the molecule is c1ccc(C2(c3ccccc3)c3ccccc3-c3cccc(-c4ccc5c(c4)Oc4ccccc4C54c5ccccc5-c5ccccc54)c32)cc1. The molecule has 1 spiro atoms. The van der Waals surface area contributed by atoms with Crippen molar-refractivity contribution in [3.63, 3.8) is 0 Å². The highest BCUT2D eigenvalue weighted by atomic mass is 16.5. The lowest BCUT2D eigenvalue weighted by molar-refractivity contribution is 0.436. The number of hydrogen-bond donors (Lipinski definition) is 0. The molecule has 0 fully saturated rings. The van der Waals surface area contributed by atoms with Crippen LogP contribution in [0.1, 0.15) is 44.5 Å². The van der Waals surface area contributed by atoms with Crippen LogP contribution in [0.3, 0.4) is 0 Å². The van der Waals surface area contributed by atoms with Gasteiger partial charge in [0, 0.05) is 11.1 Å². The zero-order valence-corrected chi connectivity index (χ0v) is 27.9. The first-order valence-corrected chi connectivity index (χ1v) is 17.8. The molecule has 8 aromatic rings. The third-order valence-electron chi connectivity index (χ3n) is 11.6. The highest BCUT2D eigenvalue weighted by Gasteiger charge is 2.51. The molecule has 0 radical (unpaired) electrons. The van der Waals surface area contributed by atoms with Crippen LogP contribution < -0.4 is 4.74 Å². The van der Waals surface area contributed by atoms with E-state index in [0.29, 0.717) is 0 Å². The molecule has 0 atom stereocenters. The van der Waals surface area contributed by atoms with E-state index >= 15 is 0 Å². The summed E-state index contributed by atoms with van der Waals surface area (Å²) in [6.07, 6.45) is 0. The molecule has 3 aliphatic rings. The average molecular weight is 649 g/mol. The van der Waals surface area contributed by atoms with Crippen molar-refractivity contribution in [2.75, 3.05) is 0 Å². The van der Waals surface area contributed by atoms with Gasteiger partial charge in [-0.05, 0) is 78.9 Å². The molecule has 1 heterocycles. The summed E-state index contributed by atoms with van der Waals surface area (Å²) in [6.45, 7) is 0. The molecule has 8 aromatic carbocycles. The first-order valence-electron chi connectivity index (χ1n) is 17.8. The molecule has 0 amide bonds. The summed E-state index contributed by atoms with van der Waals surface area (Å²) in [5, 5.41) is 0. The van der Waals surface area contributed by atoms with Crippen LogP contribution in [-0.2, 0) is 10.8 Å². The Bertz CT molecular complexity index is 2580. The minimum absolute atomic E-state index is 0.484. The summed E-state index contributed by atoms with van der Waals surface area (Å²) in [5.74, 6) is 1.80. The van der Waals surface area contributed by atoms with Crippen LogP contribution in [0.4, 0.5) is 0 Å². The number of rotatable bonds is 3. The van der Waals surface area contributed by atoms with Gasteiger partial charge in [-0.25, -0.2) is 0 Å². The molecular formula is C50H32O. The number of ether oxygens (including phenoxy) is 1. The summed E-state index contributed by atoms with van der Waals surface area (Å²) in [7, 11) is 0. The van der Waals surface area contributed by atoms with E-state index in [1.54, 1.807) is 0 Å². The Morgan fingerprint density at radius 3 is 1.37 bits per heavy atom. The van der Waals surface area contributed by atoms with Crippen molar-refractivity contribution < 1.29 is 4.74 Å². The highest BCUT2D eigenvalue weighted by molar-refractivity contribution is 5.94. The summed E-state index contributed by atoms with van der Waals surface area (Å²) in [6, 6.07) is 71.3. The molecule has 0 saturated carbocycles. The van der Waals surface area contributed by atoms with E-state index in [9.17, 15) is 0 Å². The van der Waals surface area contributed by atoms with Crippen molar-refractivity contribution in [2.45, 2.75) is 10.8 Å². The van der Waals surface area contributed by atoms with E-state index in [-0.39, 0.29) is 0 Å². The zero-order valence-electron chi connectivity index (χ0n) is 27.9. The van der Waals surface area contributed by atoms with Gasteiger partial charge in [0.05, 0.1) is 10.8 Å². The van der Waals surface area contributed by atoms with Crippen molar-refractivity contribution >= 4 is 0 Å². The van der Waals surface area contributed by atoms with Crippen LogP contribution in [0, 0.1) is 0 Å². The molecule has 0 saturated heterocycles. The molecule has 51 heavy (non-hydrogen) atoms. The van der Waals surface area contributed by atoms with Gasteiger partial charge in [0.1, 0.15) is 11.5 Å². The average Bonchev–Trinajstić information content (AvgIpc) is 3.68. The molecule has 0 N–H and O–H groups in total. The Morgan fingerprint density at radius 1 is 0.294 bits per heavy atom. The van der Waals surface area contributed by atoms with Gasteiger partial charge in [0.2, 0.25) is 0 Å². The number of benzene rings is 8. The van der Waals surface area contributed by atoms with Crippen LogP contribution in [0.25, 0.3) is 33.4 Å². The molecule has 0 bridgehead atoms. The highest BCUT2D eigenvalue weighted by Crippen LogP contribution is 2.63. The van der Waals surface area contributed by atoms with E-state index in [4.69, 9.17) is 4.74 Å². The fraction of sp³-hybridized carbons (Fsp3) is 0.0400. The Hall–Kier alpha value is -6.44. The molecule has 0 unspecified atom stereocenters. The van der Waals surface area contributed by atoms with Gasteiger partial charge in [-0.3, -0.25) is 0 Å². The normalized spacial score (nSPS) is 14.7. The van der Waals surface area contributed by atoms with Crippen molar-refractivity contribution in [3.05, 3.63) is 239 Å². The van der Waals surface area contributed by atoms with Gasteiger partial charge in [0.15, 0.2) is 0 Å². The van der Waals surface area contributed by atoms with Crippen molar-refractivity contribution in [3.8, 4) is 44.9 Å². The second-order valence-electron chi connectivity index (χ2n) is 13.9. The van der Waals surface area contributed by atoms with Gasteiger partial charge in [0.25, 0.3) is 0 Å². The van der Waals surface area contributed by atoms with E-state index < -0.39 is 10.8 Å². The third-order valence-corrected chi connectivity index (χ3v) is 11.6. The Labute approximate surface area is 298 Å². The second-order valence-corrected chi connectivity index (χ2v) is 13.9. The summed E-state index contributed by atoms with van der Waals surface area (Å²) in [5.41, 5.74) is 16.6. The molecule has 1 aliphatic heterocycles. The van der Waals surface area contributed by atoms with E-state index in [2.05, 4.69) is 194 Å². The molecular weight excluding hydrogens is 617 g/mol. The van der Waals surface area contributed by atoms with Gasteiger partial charge in [-0.1, -0.05) is 182 Å². The van der Waals surface area contributed by atoms with Gasteiger partial charge in [-0.15, -0.1) is 0 Å². The second kappa shape index (κ2) is 10.5. The number of para-hydroxylation sites is 1. The van der Waals surface area contributed by atoms with Crippen LogP contribution in [0.2, 0.25) is 0 Å². The van der Waals surface area contributed by atoms with E-state index in [1.807, 2.05) is 0 Å². The fourth-order valence-electron chi connectivity index (χ4n) is 9.77. The Balaban J connectivity index is 1.21. The van der Waals surface area contributed by atoms with Gasteiger partial charge in [-0.2, -0.15) is 0 Å². The lowest BCUT2D eigenvalue weighted by Gasteiger charge is -2.39. The number of hydrogen-bond acceptors (Lipinski definition) is 1. The topological polar surface area (TPSA) is 9.23 Å². The quantitative estimate of drug-likeness (QED) is 0.185. The van der Waals surface area contributed by atoms with Crippen molar-refractivity contribution in [1.82, 2.24) is 0 Å². The first kappa shape index (κ1) is 28.4. The van der Waals surface area contributed by atoms with Crippen LogP contribution in [0.15, 0.2) is 194 Å². The Morgan fingerprint density at radius 2 is 0.745 bits per heavy atom. The van der Waals surface area contributed by atoms with Crippen LogP contribution in [0.5, 0.6) is 11.5 Å². The zero-order chi connectivity index (χ0) is 33.6. The summed E-state index contributed by atoms with van der Waals surface area (Å²) >= 11 is 0. The maximum absolute atomic E-state index is 6.96. The molecule has 1 heteroatoms. The lowest BCUT2D eigenvalue weighted by atomic mass is 9.65. The predicted octanol–water partition coefficient (Wildman–Crippen LogP) is 12.2. The smallest absolute Gasteiger partial charge is 0.132 e. The molecule has 0 aromatic heterocycles. The maximum atomic E-state index is 6.96. The largest absolute Gasteiger partial charge is 0.457 e. The van der Waals surface area contributed by atoms with Crippen molar-refractivity contribution in [1.29, 1.82) is 0 Å². The van der Waals surface area contributed by atoms with Gasteiger partial charge < -0.3 is 4.74 Å². The standard InChI is InChI=1S/C50H32O/c1-3-16-34(17-4-1)49(35-18-5-2-6-19-35)41-25-10-9-22-39(41)40-24-15-23-36(48(40)49)33-30-31-45-47(32-33)51-46-29-14-13-28-44(46)50(45)42-26-11-7-20-37(42)38-21-8-12-27-43(38)50/h1-32H. The minimum Gasteiger partial charge on any atom is -0.457 e. The molecule has 2 aliphatic carbocycles. The predicted molar refractivity (Wildman–Crippen MR) is 207 cm³/mol. The monoisotopic (exact) mass is 648 g/mol. The maximum Gasteiger partial charge on any atom is 0.132 e. The minimum atomic E-state index is -0.501. The Kier molecular flexibility index (Phi) is 5.86. The first-order chi connectivity index (χ1) is 25.3. The lowest BCUT2D eigenvalue weighted by Crippen LogP contribution is -2.32. The third kappa shape index (κ3) is 3.60. The molecule has 11 rings (SSSR count). The molecule has 238 valence electrons. The number of fused-ring (bicyclic) bond motifs is 12.